The maximum atomic E-state index is 4.28. The zero-order chi connectivity index (χ0) is 16.5. The molecule has 0 spiro atoms. The van der Waals surface area contributed by atoms with Gasteiger partial charge in [0.15, 0.2) is 5.96 Å². The number of nitrogens with zero attached hydrogens (tertiary/aromatic N) is 2. The Balaban J connectivity index is 0.00000288. The molecule has 0 fully saturated rings. The van der Waals surface area contributed by atoms with Crippen molar-refractivity contribution in [2.75, 3.05) is 19.3 Å². The summed E-state index contributed by atoms with van der Waals surface area (Å²) in [6.07, 6.45) is 2.93. The summed E-state index contributed by atoms with van der Waals surface area (Å²) in [6, 6.07) is 6.54. The zero-order valence-corrected chi connectivity index (χ0v) is 18.3. The first-order valence-corrected chi connectivity index (χ1v) is 9.58. The topological polar surface area (TPSA) is 49.3 Å². The first kappa shape index (κ1) is 21.2. The number of guanidine groups is 1. The van der Waals surface area contributed by atoms with Crippen LogP contribution < -0.4 is 10.6 Å². The van der Waals surface area contributed by atoms with Crippen LogP contribution >= 0.6 is 47.1 Å². The van der Waals surface area contributed by atoms with Crippen molar-refractivity contribution in [3.63, 3.8) is 0 Å². The van der Waals surface area contributed by atoms with Gasteiger partial charge in [-0.15, -0.1) is 35.3 Å². The number of aromatic nitrogens is 1. The van der Waals surface area contributed by atoms with Crippen molar-refractivity contribution in [3.8, 4) is 0 Å². The molecule has 0 saturated carbocycles. The number of rotatable bonds is 7. The van der Waals surface area contributed by atoms with Crippen LogP contribution in [0.1, 0.15) is 23.1 Å². The van der Waals surface area contributed by atoms with Gasteiger partial charge in [-0.3, -0.25) is 4.99 Å². The van der Waals surface area contributed by atoms with Crippen LogP contribution in [-0.2, 0) is 6.54 Å². The normalized spacial score (nSPS) is 11.0. The quantitative estimate of drug-likeness (QED) is 0.207. The third-order valence-corrected chi connectivity index (χ3v) is 5.47. The molecule has 0 saturated heterocycles. The average molecular weight is 476 g/mol. The SMILES string of the molecule is CN=C(NCCCSc1nccs1)NCc1ccc(C)cc1C.I. The van der Waals surface area contributed by atoms with Gasteiger partial charge in [0.05, 0.1) is 0 Å². The van der Waals surface area contributed by atoms with E-state index in [0.717, 1.165) is 35.6 Å². The lowest BCUT2D eigenvalue weighted by Gasteiger charge is -2.13. The van der Waals surface area contributed by atoms with E-state index in [1.165, 1.54) is 16.7 Å². The van der Waals surface area contributed by atoms with Gasteiger partial charge in [0.1, 0.15) is 4.34 Å². The molecule has 1 heterocycles. The maximum absolute atomic E-state index is 4.28. The lowest BCUT2D eigenvalue weighted by molar-refractivity contribution is 0.783. The Bertz CT molecular complexity index is 630. The minimum Gasteiger partial charge on any atom is -0.356 e. The maximum Gasteiger partial charge on any atom is 0.191 e. The molecule has 7 heteroatoms. The van der Waals surface area contributed by atoms with Gasteiger partial charge >= 0.3 is 0 Å². The molecule has 2 aromatic rings. The highest BCUT2D eigenvalue weighted by molar-refractivity contribution is 14.0. The summed E-state index contributed by atoms with van der Waals surface area (Å²) in [5.41, 5.74) is 3.91. The summed E-state index contributed by atoms with van der Waals surface area (Å²) in [7, 11) is 1.81. The van der Waals surface area contributed by atoms with E-state index in [-0.39, 0.29) is 24.0 Å². The van der Waals surface area contributed by atoms with Crippen LogP contribution in [0.25, 0.3) is 0 Å². The molecule has 0 amide bonds. The highest BCUT2D eigenvalue weighted by atomic mass is 127. The van der Waals surface area contributed by atoms with E-state index in [4.69, 9.17) is 0 Å². The Labute approximate surface area is 170 Å². The highest BCUT2D eigenvalue weighted by Gasteiger charge is 2.02. The van der Waals surface area contributed by atoms with Crippen LogP contribution in [0.15, 0.2) is 39.1 Å². The van der Waals surface area contributed by atoms with Crippen molar-refractivity contribution in [2.45, 2.75) is 31.2 Å². The van der Waals surface area contributed by atoms with Crippen LogP contribution in [0.5, 0.6) is 0 Å². The fraction of sp³-hybridized carbons (Fsp3) is 0.412. The fourth-order valence-corrected chi connectivity index (χ4v) is 3.81. The summed E-state index contributed by atoms with van der Waals surface area (Å²) in [6.45, 7) is 5.97. The highest BCUT2D eigenvalue weighted by Crippen LogP contribution is 2.20. The number of halogens is 1. The number of thiazole rings is 1. The van der Waals surface area contributed by atoms with Gasteiger partial charge < -0.3 is 10.6 Å². The van der Waals surface area contributed by atoms with E-state index < -0.39 is 0 Å². The number of aryl methyl sites for hydroxylation is 2. The van der Waals surface area contributed by atoms with Crippen LogP contribution in [-0.4, -0.2) is 30.3 Å². The van der Waals surface area contributed by atoms with Crippen molar-refractivity contribution >= 4 is 53.0 Å². The van der Waals surface area contributed by atoms with E-state index in [1.54, 1.807) is 23.1 Å². The molecule has 4 nitrogen and oxygen atoms in total. The molecule has 1 aromatic carbocycles. The average Bonchev–Trinajstić information content (AvgIpc) is 3.05. The summed E-state index contributed by atoms with van der Waals surface area (Å²) in [5.74, 6) is 1.92. The van der Waals surface area contributed by atoms with E-state index >= 15 is 0 Å². The molecular formula is C17H25IN4S2. The molecule has 24 heavy (non-hydrogen) atoms. The molecule has 1 aromatic heterocycles. The van der Waals surface area contributed by atoms with Gasteiger partial charge in [0.2, 0.25) is 0 Å². The minimum absolute atomic E-state index is 0. The Morgan fingerprint density at radius 3 is 2.79 bits per heavy atom. The third kappa shape index (κ3) is 7.40. The van der Waals surface area contributed by atoms with Gasteiger partial charge in [0.25, 0.3) is 0 Å². The largest absolute Gasteiger partial charge is 0.356 e. The van der Waals surface area contributed by atoms with Gasteiger partial charge in [-0.05, 0) is 31.4 Å². The number of nitrogens with one attached hydrogen (secondary N) is 2. The van der Waals surface area contributed by atoms with Gasteiger partial charge in [-0.2, -0.15) is 0 Å². The third-order valence-electron chi connectivity index (χ3n) is 3.42. The summed E-state index contributed by atoms with van der Waals surface area (Å²) < 4.78 is 1.14. The smallest absolute Gasteiger partial charge is 0.191 e. The summed E-state index contributed by atoms with van der Waals surface area (Å²) in [5, 5.41) is 8.74. The standard InChI is InChI=1S/C17H24N4S2.HI/c1-13-5-6-15(14(2)11-13)12-21-16(18-3)19-7-4-9-22-17-20-8-10-23-17;/h5-6,8,10-11H,4,7,9,12H2,1-3H3,(H2,18,19,21);1H. The van der Waals surface area contributed by atoms with Crippen molar-refractivity contribution in [2.24, 2.45) is 4.99 Å². The Hall–Kier alpha value is -0.800. The van der Waals surface area contributed by atoms with E-state index in [9.17, 15) is 0 Å². The minimum atomic E-state index is 0. The molecule has 2 N–H and O–H groups in total. The van der Waals surface area contributed by atoms with E-state index in [2.05, 4.69) is 52.7 Å². The second kappa shape index (κ2) is 11.7. The fourth-order valence-electron chi connectivity index (χ4n) is 2.16. The molecule has 132 valence electrons. The van der Waals surface area contributed by atoms with E-state index in [0.29, 0.717) is 0 Å². The lowest BCUT2D eigenvalue weighted by atomic mass is 10.1. The Kier molecular flexibility index (Phi) is 10.4. The molecule has 2 rings (SSSR count). The van der Waals surface area contributed by atoms with Gasteiger partial charge in [0, 0.05) is 37.5 Å². The predicted molar refractivity (Wildman–Crippen MR) is 117 cm³/mol. The molecule has 0 aliphatic carbocycles. The molecule has 0 atom stereocenters. The summed E-state index contributed by atoms with van der Waals surface area (Å²) in [4.78, 5) is 8.54. The number of hydrogen-bond acceptors (Lipinski definition) is 4. The van der Waals surface area contributed by atoms with Crippen molar-refractivity contribution in [1.29, 1.82) is 0 Å². The van der Waals surface area contributed by atoms with Gasteiger partial charge in [-0.25, -0.2) is 4.98 Å². The number of hydrogen-bond donors (Lipinski definition) is 2. The van der Waals surface area contributed by atoms with Crippen LogP contribution in [0.4, 0.5) is 0 Å². The summed E-state index contributed by atoms with van der Waals surface area (Å²) >= 11 is 3.50. The Morgan fingerprint density at radius 2 is 2.12 bits per heavy atom. The Morgan fingerprint density at radius 1 is 1.29 bits per heavy atom. The van der Waals surface area contributed by atoms with Crippen molar-refractivity contribution in [3.05, 3.63) is 46.5 Å². The van der Waals surface area contributed by atoms with E-state index in [1.807, 2.05) is 18.6 Å². The number of thioether (sulfide) groups is 1. The first-order valence-electron chi connectivity index (χ1n) is 7.72. The molecule has 0 unspecified atom stereocenters. The molecule has 0 radical (unpaired) electrons. The lowest BCUT2D eigenvalue weighted by Crippen LogP contribution is -2.37. The van der Waals surface area contributed by atoms with Crippen LogP contribution in [0.2, 0.25) is 0 Å². The number of aliphatic imine (C=N–C) groups is 1. The molecule has 0 aliphatic rings. The van der Waals surface area contributed by atoms with Crippen molar-refractivity contribution < 1.29 is 0 Å². The zero-order valence-electron chi connectivity index (χ0n) is 14.3. The second-order valence-corrected chi connectivity index (χ2v) is 7.52. The molecule has 0 aliphatic heterocycles. The molecular weight excluding hydrogens is 451 g/mol. The van der Waals surface area contributed by atoms with Crippen molar-refractivity contribution in [1.82, 2.24) is 15.6 Å². The number of benzene rings is 1. The predicted octanol–water partition coefficient (Wildman–Crippen LogP) is 4.23. The van der Waals surface area contributed by atoms with Crippen LogP contribution in [0.3, 0.4) is 0 Å². The second-order valence-electron chi connectivity index (χ2n) is 5.28. The molecule has 0 bridgehead atoms. The van der Waals surface area contributed by atoms with Crippen LogP contribution in [0, 0.1) is 13.8 Å². The first-order chi connectivity index (χ1) is 11.2. The monoisotopic (exact) mass is 476 g/mol. The van der Waals surface area contributed by atoms with Gasteiger partial charge in [-0.1, -0.05) is 35.5 Å².